The zero-order chi connectivity index (χ0) is 12.9. The Morgan fingerprint density at radius 3 is 2.13 bits per heavy atom. The lowest BCUT2D eigenvalue weighted by Crippen LogP contribution is -1.91. The summed E-state index contributed by atoms with van der Waals surface area (Å²) in [5, 5.41) is 0. The van der Waals surface area contributed by atoms with Gasteiger partial charge in [-0.05, 0) is 30.5 Å². The van der Waals surface area contributed by atoms with Crippen LogP contribution in [-0.4, -0.2) is 14.2 Å². The van der Waals surface area contributed by atoms with Crippen molar-refractivity contribution in [2.75, 3.05) is 14.2 Å². The molecule has 0 bridgehead atoms. The second-order valence-electron chi connectivity index (χ2n) is 3.38. The fraction of sp³-hybridized carbons (Fsp3) is 0.538. The molecule has 0 amide bonds. The maximum absolute atomic E-state index is 8.07. The van der Waals surface area contributed by atoms with E-state index in [1.165, 1.54) is 0 Å². The molecule has 1 rings (SSSR count). The Morgan fingerprint density at radius 1 is 1.07 bits per heavy atom. The van der Waals surface area contributed by atoms with Crippen LogP contribution in [0.15, 0.2) is 18.2 Å². The van der Waals surface area contributed by atoms with Crippen molar-refractivity contribution in [2.45, 2.75) is 32.6 Å². The maximum atomic E-state index is 8.07. The van der Waals surface area contributed by atoms with Gasteiger partial charge in [-0.15, -0.1) is 0 Å². The number of rotatable bonds is 6. The molecule has 0 N–H and O–H groups in total. The summed E-state index contributed by atoms with van der Waals surface area (Å²) >= 11 is 0. The third kappa shape index (κ3) is 3.82. The Morgan fingerprint density at radius 2 is 1.67 bits per heavy atom. The molecule has 0 spiro atoms. The SMILES string of the molecule is [2H]C([2H])(CCCC)c1cc(OC)cc(OC)c1. The van der Waals surface area contributed by atoms with Crippen LogP contribution < -0.4 is 9.47 Å². The van der Waals surface area contributed by atoms with Crippen LogP contribution in [0.4, 0.5) is 0 Å². The quantitative estimate of drug-likeness (QED) is 0.716. The van der Waals surface area contributed by atoms with Gasteiger partial charge in [0.15, 0.2) is 0 Å². The van der Waals surface area contributed by atoms with E-state index in [2.05, 4.69) is 6.92 Å². The summed E-state index contributed by atoms with van der Waals surface area (Å²) in [4.78, 5) is 0. The molecule has 1 aromatic carbocycles. The predicted octanol–water partition coefficient (Wildman–Crippen LogP) is 3.44. The van der Waals surface area contributed by atoms with E-state index in [4.69, 9.17) is 12.2 Å². The molecule has 0 aromatic heterocycles. The monoisotopic (exact) mass is 210 g/mol. The van der Waals surface area contributed by atoms with Crippen molar-refractivity contribution in [2.24, 2.45) is 0 Å². The minimum atomic E-state index is -1.34. The third-order valence-corrected chi connectivity index (χ3v) is 2.21. The van der Waals surface area contributed by atoms with E-state index in [1.54, 1.807) is 32.4 Å². The summed E-state index contributed by atoms with van der Waals surface area (Å²) in [6.07, 6.45) is 1.03. The van der Waals surface area contributed by atoms with Crippen LogP contribution in [0.5, 0.6) is 11.5 Å². The van der Waals surface area contributed by atoms with E-state index in [1.807, 2.05) is 0 Å². The van der Waals surface area contributed by atoms with Crippen molar-refractivity contribution < 1.29 is 12.2 Å². The summed E-state index contributed by atoms with van der Waals surface area (Å²) in [5.74, 6) is 1.25. The topological polar surface area (TPSA) is 18.5 Å². The fourth-order valence-corrected chi connectivity index (χ4v) is 1.32. The van der Waals surface area contributed by atoms with Crippen LogP contribution >= 0.6 is 0 Å². The van der Waals surface area contributed by atoms with Crippen molar-refractivity contribution >= 4 is 0 Å². The van der Waals surface area contributed by atoms with Crippen LogP contribution in [-0.2, 0) is 6.37 Å². The van der Waals surface area contributed by atoms with Crippen LogP contribution in [0.3, 0.4) is 0 Å². The normalized spacial score (nSPS) is 13.0. The molecule has 84 valence electrons. The van der Waals surface area contributed by atoms with Crippen molar-refractivity contribution in [1.29, 1.82) is 0 Å². The number of hydrogen-bond acceptors (Lipinski definition) is 2. The van der Waals surface area contributed by atoms with Crippen molar-refractivity contribution in [3.05, 3.63) is 23.8 Å². The molecule has 15 heavy (non-hydrogen) atoms. The molecular weight excluding hydrogens is 188 g/mol. The van der Waals surface area contributed by atoms with Gasteiger partial charge in [0.25, 0.3) is 0 Å². The number of benzene rings is 1. The van der Waals surface area contributed by atoms with E-state index in [9.17, 15) is 0 Å². The molecule has 0 radical (unpaired) electrons. The minimum absolute atomic E-state index is 0.514. The van der Waals surface area contributed by atoms with Gasteiger partial charge in [-0.3, -0.25) is 0 Å². The molecule has 0 saturated carbocycles. The van der Waals surface area contributed by atoms with Gasteiger partial charge in [-0.2, -0.15) is 0 Å². The second kappa shape index (κ2) is 6.33. The highest BCUT2D eigenvalue weighted by molar-refractivity contribution is 5.38. The molecule has 0 aliphatic rings. The maximum Gasteiger partial charge on any atom is 0.122 e. The number of methoxy groups -OCH3 is 2. The number of hydrogen-bond donors (Lipinski definition) is 0. The van der Waals surface area contributed by atoms with Crippen LogP contribution in [0.25, 0.3) is 0 Å². The summed E-state index contributed by atoms with van der Waals surface area (Å²) in [6, 6.07) is 5.22. The summed E-state index contributed by atoms with van der Waals surface area (Å²) in [7, 11) is 3.14. The lowest BCUT2D eigenvalue weighted by atomic mass is 10.1. The summed E-state index contributed by atoms with van der Waals surface area (Å²) < 4.78 is 26.4. The lowest BCUT2D eigenvalue weighted by molar-refractivity contribution is 0.393. The van der Waals surface area contributed by atoms with Crippen molar-refractivity contribution in [1.82, 2.24) is 0 Å². The van der Waals surface area contributed by atoms with Gasteiger partial charge in [0, 0.05) is 8.81 Å². The average molecular weight is 210 g/mol. The first-order valence-electron chi connectivity index (χ1n) is 6.27. The molecule has 0 fully saturated rings. The molecule has 1 aromatic rings. The van der Waals surface area contributed by atoms with Crippen molar-refractivity contribution in [3.63, 3.8) is 0 Å². The Labute approximate surface area is 95.0 Å². The zero-order valence-corrected chi connectivity index (χ0v) is 9.67. The zero-order valence-electron chi connectivity index (χ0n) is 11.7. The molecule has 2 heteroatoms. The molecule has 0 saturated heterocycles. The van der Waals surface area contributed by atoms with E-state index >= 15 is 0 Å². The molecule has 0 unspecified atom stereocenters. The first kappa shape index (κ1) is 9.08. The van der Waals surface area contributed by atoms with Crippen LogP contribution in [0, 0.1) is 0 Å². The van der Waals surface area contributed by atoms with Gasteiger partial charge >= 0.3 is 0 Å². The Kier molecular flexibility index (Phi) is 3.83. The van der Waals surface area contributed by atoms with Crippen molar-refractivity contribution in [3.8, 4) is 11.5 Å². The van der Waals surface area contributed by atoms with E-state index in [-0.39, 0.29) is 0 Å². The summed E-state index contributed by atoms with van der Waals surface area (Å²) in [6.45, 7) is 2.06. The first-order chi connectivity index (χ1) is 8.03. The lowest BCUT2D eigenvalue weighted by Gasteiger charge is -2.08. The molecule has 0 aliphatic heterocycles. The number of ether oxygens (including phenoxy) is 2. The van der Waals surface area contributed by atoms with Gasteiger partial charge in [0.05, 0.1) is 14.2 Å². The van der Waals surface area contributed by atoms with Gasteiger partial charge in [0.1, 0.15) is 11.5 Å². The molecular formula is C13H20O2. The predicted molar refractivity (Wildman–Crippen MR) is 62.8 cm³/mol. The average Bonchev–Trinajstić information content (AvgIpc) is 2.35. The minimum Gasteiger partial charge on any atom is -0.497 e. The first-order valence-corrected chi connectivity index (χ1v) is 5.27. The number of aryl methyl sites for hydroxylation is 1. The third-order valence-electron chi connectivity index (χ3n) is 2.21. The molecule has 0 aliphatic carbocycles. The Bertz CT molecular complexity index is 342. The van der Waals surface area contributed by atoms with Crippen LogP contribution in [0.2, 0.25) is 0 Å². The van der Waals surface area contributed by atoms with Gasteiger partial charge in [-0.25, -0.2) is 0 Å². The number of unbranched alkanes of at least 4 members (excludes halogenated alkanes) is 1. The van der Waals surface area contributed by atoms with E-state index in [0.717, 1.165) is 12.8 Å². The highest BCUT2D eigenvalue weighted by Gasteiger charge is 2.01. The Hall–Kier alpha value is -1.18. The largest absolute Gasteiger partial charge is 0.497 e. The highest BCUT2D eigenvalue weighted by atomic mass is 16.5. The van der Waals surface area contributed by atoms with Gasteiger partial charge < -0.3 is 9.47 Å². The fourth-order valence-electron chi connectivity index (χ4n) is 1.32. The van der Waals surface area contributed by atoms with Crippen LogP contribution in [0.1, 0.15) is 34.5 Å². The smallest absolute Gasteiger partial charge is 0.122 e. The Balaban J connectivity index is 3.02. The second-order valence-corrected chi connectivity index (χ2v) is 3.38. The summed E-state index contributed by atoms with van der Waals surface area (Å²) in [5.41, 5.74) is 0.613. The van der Waals surface area contributed by atoms with E-state index < -0.39 is 6.37 Å². The van der Waals surface area contributed by atoms with E-state index in [0.29, 0.717) is 23.5 Å². The molecule has 0 atom stereocenters. The van der Waals surface area contributed by atoms with Gasteiger partial charge in [0.2, 0.25) is 0 Å². The molecule has 2 nitrogen and oxygen atoms in total. The highest BCUT2D eigenvalue weighted by Crippen LogP contribution is 2.23. The molecule has 0 heterocycles. The van der Waals surface area contributed by atoms with Gasteiger partial charge in [-0.1, -0.05) is 19.8 Å². The standard InChI is InChI=1S/C13H20O2/c1-4-5-6-7-11-8-12(14-2)10-13(9-11)15-3/h8-10H,4-7H2,1-3H3/i7D2.